The van der Waals surface area contributed by atoms with Crippen LogP contribution in [-0.4, -0.2) is 69.8 Å². The average molecular weight is 428 g/mol. The van der Waals surface area contributed by atoms with Crippen LogP contribution in [0.2, 0.25) is 0 Å². The van der Waals surface area contributed by atoms with Gasteiger partial charge in [0.25, 0.3) is 5.91 Å². The molecule has 1 N–H and O–H groups in total. The molecule has 0 atom stereocenters. The van der Waals surface area contributed by atoms with Gasteiger partial charge in [-0.15, -0.1) is 0 Å². The second-order valence-corrected chi connectivity index (χ2v) is 7.14. The van der Waals surface area contributed by atoms with E-state index < -0.39 is 11.9 Å². The molecule has 0 saturated carbocycles. The van der Waals surface area contributed by atoms with Crippen molar-refractivity contribution in [2.24, 2.45) is 0 Å². The number of carbonyl (C=O) groups excluding carboxylic acids is 2. The highest BCUT2D eigenvalue weighted by atomic mass is 16.6. The predicted molar refractivity (Wildman–Crippen MR) is 119 cm³/mol. The molecule has 1 aliphatic rings. The number of hydrogen-bond donors (Lipinski definition) is 1. The predicted octanol–water partition coefficient (Wildman–Crippen LogP) is 2.40. The zero-order valence-electron chi connectivity index (χ0n) is 18.0. The van der Waals surface area contributed by atoms with Crippen molar-refractivity contribution < 1.29 is 23.8 Å². The molecule has 166 valence electrons. The highest BCUT2D eigenvalue weighted by Gasteiger charge is 2.16. The SMILES string of the molecule is CCN1CCN(c2ccc(NC(=O)COC(=O)COc3ccc(OC)cc3)cc2)CC1. The maximum atomic E-state index is 12.1. The highest BCUT2D eigenvalue weighted by Crippen LogP contribution is 2.20. The molecule has 1 amide bonds. The first kappa shape index (κ1) is 22.4. The maximum Gasteiger partial charge on any atom is 0.344 e. The molecule has 2 aromatic rings. The second-order valence-electron chi connectivity index (χ2n) is 7.14. The van der Waals surface area contributed by atoms with Gasteiger partial charge in [-0.05, 0) is 55.1 Å². The zero-order valence-corrected chi connectivity index (χ0v) is 18.0. The largest absolute Gasteiger partial charge is 0.497 e. The van der Waals surface area contributed by atoms with Gasteiger partial charge in [0.05, 0.1) is 7.11 Å². The Morgan fingerprint density at radius 2 is 1.55 bits per heavy atom. The van der Waals surface area contributed by atoms with Crippen LogP contribution in [0.4, 0.5) is 11.4 Å². The van der Waals surface area contributed by atoms with Crippen molar-refractivity contribution in [2.45, 2.75) is 6.92 Å². The summed E-state index contributed by atoms with van der Waals surface area (Å²) in [5, 5.41) is 2.73. The number of piperazine rings is 1. The normalized spacial score (nSPS) is 14.1. The number of methoxy groups -OCH3 is 1. The second kappa shape index (κ2) is 11.2. The Balaban J connectivity index is 1.37. The van der Waals surface area contributed by atoms with Gasteiger partial charge in [0.1, 0.15) is 11.5 Å². The molecule has 8 heteroatoms. The van der Waals surface area contributed by atoms with E-state index in [1.807, 2.05) is 24.3 Å². The van der Waals surface area contributed by atoms with E-state index in [0.29, 0.717) is 17.2 Å². The average Bonchev–Trinajstić information content (AvgIpc) is 2.82. The fourth-order valence-corrected chi connectivity index (χ4v) is 3.28. The monoisotopic (exact) mass is 427 g/mol. The summed E-state index contributed by atoms with van der Waals surface area (Å²) in [6.07, 6.45) is 0. The van der Waals surface area contributed by atoms with Gasteiger partial charge >= 0.3 is 5.97 Å². The molecule has 0 radical (unpaired) electrons. The molecule has 0 bridgehead atoms. The Morgan fingerprint density at radius 3 is 2.16 bits per heavy atom. The Hall–Kier alpha value is -3.26. The van der Waals surface area contributed by atoms with Gasteiger partial charge in [-0.2, -0.15) is 0 Å². The minimum Gasteiger partial charge on any atom is -0.497 e. The molecule has 2 aromatic carbocycles. The smallest absolute Gasteiger partial charge is 0.344 e. The summed E-state index contributed by atoms with van der Waals surface area (Å²) in [7, 11) is 1.57. The first-order chi connectivity index (χ1) is 15.1. The number of nitrogens with zero attached hydrogens (tertiary/aromatic N) is 2. The summed E-state index contributed by atoms with van der Waals surface area (Å²) in [5.41, 5.74) is 1.79. The summed E-state index contributed by atoms with van der Waals surface area (Å²) in [5.74, 6) is 0.187. The standard InChI is InChI=1S/C23H29N3O5/c1-3-25-12-14-26(15-13-25)19-6-4-18(5-7-19)24-22(27)16-31-23(28)17-30-21-10-8-20(29-2)9-11-21/h4-11H,3,12-17H2,1-2H3,(H,24,27). The molecule has 0 aromatic heterocycles. The fourth-order valence-electron chi connectivity index (χ4n) is 3.28. The summed E-state index contributed by atoms with van der Waals surface area (Å²) in [6, 6.07) is 14.5. The van der Waals surface area contributed by atoms with Crippen molar-refractivity contribution in [2.75, 3.05) is 63.3 Å². The quantitative estimate of drug-likeness (QED) is 0.616. The van der Waals surface area contributed by atoms with E-state index in [-0.39, 0.29) is 13.2 Å². The van der Waals surface area contributed by atoms with Gasteiger partial charge in [-0.1, -0.05) is 6.92 Å². The lowest BCUT2D eigenvalue weighted by atomic mass is 10.2. The zero-order chi connectivity index (χ0) is 22.1. The lowest BCUT2D eigenvalue weighted by molar-refractivity contribution is -0.149. The number of ether oxygens (including phenoxy) is 3. The van der Waals surface area contributed by atoms with Gasteiger partial charge in [0.15, 0.2) is 13.2 Å². The molecule has 0 spiro atoms. The first-order valence-electron chi connectivity index (χ1n) is 10.4. The van der Waals surface area contributed by atoms with Gasteiger partial charge in [0, 0.05) is 37.6 Å². The van der Waals surface area contributed by atoms with Crippen LogP contribution >= 0.6 is 0 Å². The van der Waals surface area contributed by atoms with Crippen LogP contribution in [0.5, 0.6) is 11.5 Å². The molecule has 8 nitrogen and oxygen atoms in total. The summed E-state index contributed by atoms with van der Waals surface area (Å²) >= 11 is 0. The van der Waals surface area contributed by atoms with E-state index in [1.54, 1.807) is 31.4 Å². The third-order valence-corrected chi connectivity index (χ3v) is 5.12. The first-order valence-corrected chi connectivity index (χ1v) is 10.4. The Kier molecular flexibility index (Phi) is 8.12. The minimum atomic E-state index is -0.618. The van der Waals surface area contributed by atoms with Crippen LogP contribution in [0.3, 0.4) is 0 Å². The molecule has 3 rings (SSSR count). The van der Waals surface area contributed by atoms with E-state index in [4.69, 9.17) is 14.2 Å². The number of amides is 1. The van der Waals surface area contributed by atoms with Crippen LogP contribution in [-0.2, 0) is 14.3 Å². The van der Waals surface area contributed by atoms with E-state index in [0.717, 1.165) is 38.4 Å². The lowest BCUT2D eigenvalue weighted by Gasteiger charge is -2.35. The fraction of sp³-hybridized carbons (Fsp3) is 0.391. The van der Waals surface area contributed by atoms with Crippen LogP contribution in [0.25, 0.3) is 0 Å². The molecule has 1 heterocycles. The van der Waals surface area contributed by atoms with Crippen molar-refractivity contribution in [1.82, 2.24) is 4.90 Å². The number of hydrogen-bond acceptors (Lipinski definition) is 7. The number of anilines is 2. The Morgan fingerprint density at radius 1 is 0.903 bits per heavy atom. The topological polar surface area (TPSA) is 80.3 Å². The van der Waals surface area contributed by atoms with Gasteiger partial charge in [-0.25, -0.2) is 4.79 Å². The van der Waals surface area contributed by atoms with Gasteiger partial charge < -0.3 is 29.3 Å². The van der Waals surface area contributed by atoms with Gasteiger partial charge in [-0.3, -0.25) is 4.79 Å². The van der Waals surface area contributed by atoms with Crippen molar-refractivity contribution in [3.05, 3.63) is 48.5 Å². The number of likely N-dealkylation sites (N-methyl/N-ethyl adjacent to an activating group) is 1. The summed E-state index contributed by atoms with van der Waals surface area (Å²) in [6.45, 7) is 6.72. The maximum absolute atomic E-state index is 12.1. The molecule has 1 fully saturated rings. The third kappa shape index (κ3) is 6.89. The third-order valence-electron chi connectivity index (χ3n) is 5.12. The number of carbonyl (C=O) groups is 2. The highest BCUT2D eigenvalue weighted by molar-refractivity contribution is 5.93. The number of nitrogens with one attached hydrogen (secondary N) is 1. The Bertz CT molecular complexity index is 847. The van der Waals surface area contributed by atoms with E-state index in [2.05, 4.69) is 22.0 Å². The van der Waals surface area contributed by atoms with Crippen molar-refractivity contribution in [3.63, 3.8) is 0 Å². The Labute approximate surface area is 182 Å². The molecule has 0 aliphatic carbocycles. The van der Waals surface area contributed by atoms with Crippen LogP contribution in [0.1, 0.15) is 6.92 Å². The summed E-state index contributed by atoms with van der Waals surface area (Å²) in [4.78, 5) is 28.6. The lowest BCUT2D eigenvalue weighted by Crippen LogP contribution is -2.46. The number of esters is 1. The van der Waals surface area contributed by atoms with E-state index >= 15 is 0 Å². The molecule has 1 saturated heterocycles. The van der Waals surface area contributed by atoms with Crippen molar-refractivity contribution in [1.29, 1.82) is 0 Å². The molecular formula is C23H29N3O5. The molecule has 1 aliphatic heterocycles. The van der Waals surface area contributed by atoms with Crippen LogP contribution < -0.4 is 19.7 Å². The summed E-state index contributed by atoms with van der Waals surface area (Å²) < 4.78 is 15.4. The number of rotatable bonds is 9. The van der Waals surface area contributed by atoms with Crippen LogP contribution in [0.15, 0.2) is 48.5 Å². The van der Waals surface area contributed by atoms with E-state index in [9.17, 15) is 9.59 Å². The van der Waals surface area contributed by atoms with E-state index in [1.165, 1.54) is 0 Å². The number of benzene rings is 2. The van der Waals surface area contributed by atoms with Crippen molar-refractivity contribution in [3.8, 4) is 11.5 Å². The van der Waals surface area contributed by atoms with Gasteiger partial charge in [0.2, 0.25) is 0 Å². The van der Waals surface area contributed by atoms with Crippen LogP contribution in [0, 0.1) is 0 Å². The minimum absolute atomic E-state index is 0.278. The molecule has 0 unspecified atom stereocenters. The molecule has 31 heavy (non-hydrogen) atoms. The molecular weight excluding hydrogens is 398 g/mol. The van der Waals surface area contributed by atoms with Crippen molar-refractivity contribution >= 4 is 23.3 Å².